The van der Waals surface area contributed by atoms with Crippen LogP contribution in [0.4, 0.5) is 0 Å². The van der Waals surface area contributed by atoms with Gasteiger partial charge >= 0.3 is 0 Å². The second-order valence-electron chi connectivity index (χ2n) is 5.42. The van der Waals surface area contributed by atoms with E-state index in [0.717, 1.165) is 32.2 Å². The molecule has 0 spiro atoms. The third-order valence-electron chi connectivity index (χ3n) is 3.90. The third-order valence-corrected chi connectivity index (χ3v) is 5.79. The molecule has 0 heterocycles. The summed E-state index contributed by atoms with van der Waals surface area (Å²) >= 11 is 0. The van der Waals surface area contributed by atoms with Crippen LogP contribution in [0.25, 0.3) is 0 Å². The van der Waals surface area contributed by atoms with E-state index >= 15 is 0 Å². The van der Waals surface area contributed by atoms with Crippen molar-refractivity contribution in [3.8, 4) is 0 Å². The average molecular weight is 276 g/mol. The Balaban J connectivity index is 2.48. The van der Waals surface area contributed by atoms with Gasteiger partial charge in [-0.3, -0.25) is 0 Å². The van der Waals surface area contributed by atoms with E-state index in [9.17, 15) is 8.42 Å². The maximum absolute atomic E-state index is 12.1. The summed E-state index contributed by atoms with van der Waals surface area (Å²) in [4.78, 5) is 0. The van der Waals surface area contributed by atoms with Gasteiger partial charge in [0.1, 0.15) is 0 Å². The smallest absolute Gasteiger partial charge is 0.215 e. The van der Waals surface area contributed by atoms with E-state index in [4.69, 9.17) is 0 Å². The Bertz CT molecular complexity index is 330. The Hall–Kier alpha value is -0.130. The highest BCUT2D eigenvalue weighted by atomic mass is 32.2. The van der Waals surface area contributed by atoms with Crippen molar-refractivity contribution >= 4 is 10.0 Å². The molecule has 1 saturated carbocycles. The standard InChI is InChI=1S/C13H28N2O2S/c1-4-12-7-6-8-13(9-12)15-18(16,17)11(3)10-14-5-2/h11-15H,4-10H2,1-3H3. The lowest BCUT2D eigenvalue weighted by Gasteiger charge is -2.29. The van der Waals surface area contributed by atoms with E-state index in [-0.39, 0.29) is 11.3 Å². The minimum atomic E-state index is -3.18. The van der Waals surface area contributed by atoms with E-state index < -0.39 is 10.0 Å². The second-order valence-corrected chi connectivity index (χ2v) is 7.55. The Labute approximate surface area is 112 Å². The van der Waals surface area contributed by atoms with Gasteiger partial charge in [-0.25, -0.2) is 13.1 Å². The minimum absolute atomic E-state index is 0.151. The molecule has 0 radical (unpaired) electrons. The lowest BCUT2D eigenvalue weighted by molar-refractivity contribution is 0.300. The van der Waals surface area contributed by atoms with E-state index in [1.807, 2.05) is 6.92 Å². The maximum Gasteiger partial charge on any atom is 0.215 e. The van der Waals surface area contributed by atoms with Gasteiger partial charge < -0.3 is 5.32 Å². The molecule has 0 aromatic heterocycles. The first-order chi connectivity index (χ1) is 8.49. The summed E-state index contributed by atoms with van der Waals surface area (Å²) in [6.45, 7) is 7.27. The van der Waals surface area contributed by atoms with Crippen molar-refractivity contribution in [2.75, 3.05) is 13.1 Å². The summed E-state index contributed by atoms with van der Waals surface area (Å²) in [7, 11) is -3.18. The Kier molecular flexibility index (Phi) is 6.60. The van der Waals surface area contributed by atoms with Gasteiger partial charge in [0.05, 0.1) is 5.25 Å². The molecule has 1 aliphatic rings. The summed E-state index contributed by atoms with van der Waals surface area (Å²) in [5.74, 6) is 0.690. The number of hydrogen-bond donors (Lipinski definition) is 2. The molecule has 2 N–H and O–H groups in total. The first-order valence-electron chi connectivity index (χ1n) is 7.21. The topological polar surface area (TPSA) is 58.2 Å². The van der Waals surface area contributed by atoms with Crippen LogP contribution >= 0.6 is 0 Å². The second kappa shape index (κ2) is 7.46. The molecule has 0 aromatic rings. The molecule has 1 rings (SSSR count). The van der Waals surface area contributed by atoms with Crippen LogP contribution in [0.15, 0.2) is 0 Å². The zero-order valence-electron chi connectivity index (χ0n) is 11.9. The first kappa shape index (κ1) is 15.9. The van der Waals surface area contributed by atoms with Gasteiger partial charge in [0.25, 0.3) is 0 Å². The minimum Gasteiger partial charge on any atom is -0.316 e. The predicted molar refractivity (Wildman–Crippen MR) is 76.1 cm³/mol. The lowest BCUT2D eigenvalue weighted by atomic mass is 9.85. The molecule has 108 valence electrons. The van der Waals surface area contributed by atoms with Gasteiger partial charge in [-0.2, -0.15) is 0 Å². The van der Waals surface area contributed by atoms with Gasteiger partial charge in [0.15, 0.2) is 0 Å². The van der Waals surface area contributed by atoms with E-state index in [0.29, 0.717) is 12.5 Å². The summed E-state index contributed by atoms with van der Waals surface area (Å²) in [5, 5.41) is 2.73. The molecular formula is C13H28N2O2S. The molecule has 18 heavy (non-hydrogen) atoms. The van der Waals surface area contributed by atoms with Crippen LogP contribution in [-0.4, -0.2) is 32.8 Å². The van der Waals surface area contributed by atoms with E-state index in [2.05, 4.69) is 17.0 Å². The highest BCUT2D eigenvalue weighted by Crippen LogP contribution is 2.27. The van der Waals surface area contributed by atoms with Crippen LogP contribution in [0.2, 0.25) is 0 Å². The summed E-state index contributed by atoms with van der Waals surface area (Å²) < 4.78 is 27.2. The zero-order valence-corrected chi connectivity index (χ0v) is 12.7. The van der Waals surface area contributed by atoms with Crippen LogP contribution in [0.5, 0.6) is 0 Å². The van der Waals surface area contributed by atoms with Crippen LogP contribution < -0.4 is 10.0 Å². The molecule has 0 saturated heterocycles. The van der Waals surface area contributed by atoms with Gasteiger partial charge in [-0.05, 0) is 32.2 Å². The monoisotopic (exact) mass is 276 g/mol. The van der Waals surface area contributed by atoms with Crippen molar-refractivity contribution in [3.63, 3.8) is 0 Å². The third kappa shape index (κ3) is 4.86. The van der Waals surface area contributed by atoms with Gasteiger partial charge in [-0.1, -0.05) is 33.1 Å². The van der Waals surface area contributed by atoms with Crippen LogP contribution in [-0.2, 0) is 10.0 Å². The van der Waals surface area contributed by atoms with Crippen molar-refractivity contribution in [1.29, 1.82) is 0 Å². The van der Waals surface area contributed by atoms with Crippen LogP contribution in [0, 0.1) is 5.92 Å². The number of rotatable bonds is 7. The van der Waals surface area contributed by atoms with Gasteiger partial charge in [-0.15, -0.1) is 0 Å². The molecular weight excluding hydrogens is 248 g/mol. The molecule has 0 aromatic carbocycles. The van der Waals surface area contributed by atoms with E-state index in [1.54, 1.807) is 6.92 Å². The zero-order chi connectivity index (χ0) is 13.6. The SMILES string of the molecule is CCNCC(C)S(=O)(=O)NC1CCCC(CC)C1. The normalized spacial score (nSPS) is 27.1. The van der Waals surface area contributed by atoms with Crippen molar-refractivity contribution in [2.45, 2.75) is 64.2 Å². The maximum atomic E-state index is 12.1. The highest BCUT2D eigenvalue weighted by molar-refractivity contribution is 7.90. The van der Waals surface area contributed by atoms with Crippen LogP contribution in [0.3, 0.4) is 0 Å². The number of hydrogen-bond acceptors (Lipinski definition) is 3. The fraction of sp³-hybridized carbons (Fsp3) is 1.00. The average Bonchev–Trinajstić information content (AvgIpc) is 2.35. The lowest BCUT2D eigenvalue weighted by Crippen LogP contribution is -2.45. The number of sulfonamides is 1. The quantitative estimate of drug-likeness (QED) is 0.746. The first-order valence-corrected chi connectivity index (χ1v) is 8.76. The van der Waals surface area contributed by atoms with Gasteiger partial charge in [0, 0.05) is 12.6 Å². The molecule has 3 atom stereocenters. The predicted octanol–water partition coefficient (Wildman–Crippen LogP) is 1.87. The fourth-order valence-corrected chi connectivity index (χ4v) is 3.82. The van der Waals surface area contributed by atoms with Crippen molar-refractivity contribution in [1.82, 2.24) is 10.0 Å². The molecule has 5 heteroatoms. The molecule has 0 amide bonds. The molecule has 0 aliphatic heterocycles. The molecule has 1 fully saturated rings. The number of nitrogens with one attached hydrogen (secondary N) is 2. The van der Waals surface area contributed by atoms with Gasteiger partial charge in [0.2, 0.25) is 10.0 Å². The largest absolute Gasteiger partial charge is 0.316 e. The molecule has 4 nitrogen and oxygen atoms in total. The summed E-state index contributed by atoms with van der Waals surface area (Å²) in [6, 6.07) is 0.151. The Morgan fingerprint density at radius 1 is 1.28 bits per heavy atom. The fourth-order valence-electron chi connectivity index (χ4n) is 2.57. The molecule has 1 aliphatic carbocycles. The Morgan fingerprint density at radius 2 is 2.00 bits per heavy atom. The molecule has 3 unspecified atom stereocenters. The van der Waals surface area contributed by atoms with Crippen molar-refractivity contribution in [3.05, 3.63) is 0 Å². The van der Waals surface area contributed by atoms with Crippen molar-refractivity contribution in [2.24, 2.45) is 5.92 Å². The van der Waals surface area contributed by atoms with E-state index in [1.165, 1.54) is 6.42 Å². The highest BCUT2D eigenvalue weighted by Gasteiger charge is 2.27. The van der Waals surface area contributed by atoms with Crippen LogP contribution in [0.1, 0.15) is 52.9 Å². The molecule has 0 bridgehead atoms. The summed E-state index contributed by atoms with van der Waals surface area (Å²) in [6.07, 6.45) is 5.55. The summed E-state index contributed by atoms with van der Waals surface area (Å²) in [5.41, 5.74) is 0. The van der Waals surface area contributed by atoms with Crippen molar-refractivity contribution < 1.29 is 8.42 Å². The Morgan fingerprint density at radius 3 is 2.61 bits per heavy atom.